The maximum atomic E-state index is 12.7. The van der Waals surface area contributed by atoms with Crippen LogP contribution >= 0.6 is 0 Å². The quantitative estimate of drug-likeness (QED) is 0.456. The molecule has 0 saturated heterocycles. The summed E-state index contributed by atoms with van der Waals surface area (Å²) in [6.07, 6.45) is 6.73. The van der Waals surface area contributed by atoms with Gasteiger partial charge in [-0.15, -0.1) is 0 Å². The molecule has 148 valence electrons. The molecule has 0 amide bonds. The smallest absolute Gasteiger partial charge is 0.316 e. The van der Waals surface area contributed by atoms with E-state index in [9.17, 15) is 4.79 Å². The molecule has 0 heterocycles. The third-order valence-corrected chi connectivity index (χ3v) is 5.78. The van der Waals surface area contributed by atoms with Gasteiger partial charge in [0.15, 0.2) is 0 Å². The SMILES string of the molecule is CCCCOC(=O)C(C)(c1ccccc1)C1CCCC1.CCN(C)CC. The maximum Gasteiger partial charge on any atom is 0.316 e. The topological polar surface area (TPSA) is 29.5 Å². The first kappa shape index (κ1) is 22.7. The van der Waals surface area contributed by atoms with Crippen molar-refractivity contribution in [3.8, 4) is 0 Å². The molecular weight excluding hydrogens is 322 g/mol. The zero-order valence-corrected chi connectivity index (χ0v) is 17.6. The molecule has 1 atom stereocenters. The van der Waals surface area contributed by atoms with Crippen molar-refractivity contribution in [1.29, 1.82) is 0 Å². The van der Waals surface area contributed by atoms with Gasteiger partial charge in [0.2, 0.25) is 0 Å². The highest BCUT2D eigenvalue weighted by Crippen LogP contribution is 2.43. The Bertz CT molecular complexity index is 492. The summed E-state index contributed by atoms with van der Waals surface area (Å²) >= 11 is 0. The van der Waals surface area contributed by atoms with Crippen LogP contribution < -0.4 is 0 Å². The number of hydrogen-bond donors (Lipinski definition) is 0. The van der Waals surface area contributed by atoms with E-state index in [1.54, 1.807) is 0 Å². The molecule has 0 spiro atoms. The van der Waals surface area contributed by atoms with Crippen LogP contribution in [0.1, 0.15) is 71.8 Å². The van der Waals surface area contributed by atoms with Gasteiger partial charge in [0.25, 0.3) is 0 Å². The Morgan fingerprint density at radius 1 is 1.12 bits per heavy atom. The van der Waals surface area contributed by atoms with E-state index in [-0.39, 0.29) is 5.97 Å². The Kier molecular flexibility index (Phi) is 10.6. The monoisotopic (exact) mass is 361 g/mol. The minimum Gasteiger partial charge on any atom is -0.465 e. The fraction of sp³-hybridized carbons (Fsp3) is 0.696. The largest absolute Gasteiger partial charge is 0.465 e. The number of benzene rings is 1. The highest BCUT2D eigenvalue weighted by molar-refractivity contribution is 5.83. The van der Waals surface area contributed by atoms with Crippen LogP contribution in [0.3, 0.4) is 0 Å². The van der Waals surface area contributed by atoms with Gasteiger partial charge in [-0.25, -0.2) is 0 Å². The summed E-state index contributed by atoms with van der Waals surface area (Å²) < 4.78 is 5.58. The highest BCUT2D eigenvalue weighted by Gasteiger charge is 2.45. The van der Waals surface area contributed by atoms with Gasteiger partial charge < -0.3 is 9.64 Å². The third kappa shape index (κ3) is 6.42. The summed E-state index contributed by atoms with van der Waals surface area (Å²) in [6.45, 7) is 11.4. The van der Waals surface area contributed by atoms with Gasteiger partial charge >= 0.3 is 5.97 Å². The van der Waals surface area contributed by atoms with Crippen LogP contribution in [0.25, 0.3) is 0 Å². The maximum absolute atomic E-state index is 12.7. The van der Waals surface area contributed by atoms with Crippen molar-refractivity contribution in [2.45, 2.75) is 71.6 Å². The highest BCUT2D eigenvalue weighted by atomic mass is 16.5. The zero-order chi connectivity index (χ0) is 19.4. The summed E-state index contributed by atoms with van der Waals surface area (Å²) in [7, 11) is 2.11. The third-order valence-electron chi connectivity index (χ3n) is 5.78. The average Bonchev–Trinajstić information content (AvgIpc) is 3.23. The van der Waals surface area contributed by atoms with Crippen LogP contribution in [0.4, 0.5) is 0 Å². The fourth-order valence-corrected chi connectivity index (χ4v) is 3.49. The summed E-state index contributed by atoms with van der Waals surface area (Å²) in [5, 5.41) is 0. The second-order valence-electron chi connectivity index (χ2n) is 7.53. The number of ether oxygens (including phenoxy) is 1. The number of rotatable bonds is 8. The molecule has 26 heavy (non-hydrogen) atoms. The van der Waals surface area contributed by atoms with Crippen LogP contribution in [0.15, 0.2) is 30.3 Å². The Balaban J connectivity index is 0.000000487. The van der Waals surface area contributed by atoms with Crippen molar-refractivity contribution in [2.24, 2.45) is 5.92 Å². The summed E-state index contributed by atoms with van der Waals surface area (Å²) in [5.74, 6) is 0.378. The molecule has 1 aliphatic rings. The second kappa shape index (κ2) is 12.1. The lowest BCUT2D eigenvalue weighted by molar-refractivity contribution is -0.152. The lowest BCUT2D eigenvalue weighted by Crippen LogP contribution is -2.40. The van der Waals surface area contributed by atoms with Crippen LogP contribution in [-0.2, 0) is 14.9 Å². The zero-order valence-electron chi connectivity index (χ0n) is 17.6. The van der Waals surface area contributed by atoms with Gasteiger partial charge in [-0.3, -0.25) is 4.79 Å². The summed E-state index contributed by atoms with van der Waals surface area (Å²) in [5.41, 5.74) is 0.624. The first-order valence-electron chi connectivity index (χ1n) is 10.4. The molecule has 1 aromatic rings. The van der Waals surface area contributed by atoms with Gasteiger partial charge in [-0.1, -0.05) is 70.4 Å². The van der Waals surface area contributed by atoms with Gasteiger partial charge in [-0.2, -0.15) is 0 Å². The number of esters is 1. The average molecular weight is 362 g/mol. The number of unbranched alkanes of at least 4 members (excludes halogenated alkanes) is 1. The summed E-state index contributed by atoms with van der Waals surface area (Å²) in [4.78, 5) is 15.0. The Morgan fingerprint density at radius 2 is 1.69 bits per heavy atom. The molecule has 1 aromatic carbocycles. The van der Waals surface area contributed by atoms with Gasteiger partial charge in [0.05, 0.1) is 12.0 Å². The molecule has 0 radical (unpaired) electrons. The molecule has 0 bridgehead atoms. The van der Waals surface area contributed by atoms with Crippen molar-refractivity contribution < 1.29 is 9.53 Å². The van der Waals surface area contributed by atoms with E-state index in [2.05, 4.69) is 51.8 Å². The van der Waals surface area contributed by atoms with Crippen molar-refractivity contribution in [1.82, 2.24) is 4.90 Å². The van der Waals surface area contributed by atoms with E-state index in [1.807, 2.05) is 18.2 Å². The van der Waals surface area contributed by atoms with E-state index in [1.165, 1.54) is 12.8 Å². The molecule has 0 aromatic heterocycles. The van der Waals surface area contributed by atoms with Crippen LogP contribution in [0, 0.1) is 5.92 Å². The molecule has 1 saturated carbocycles. The first-order chi connectivity index (χ1) is 12.5. The molecule has 0 N–H and O–H groups in total. The molecule has 2 rings (SSSR count). The van der Waals surface area contributed by atoms with E-state index >= 15 is 0 Å². The number of carbonyl (C=O) groups excluding carboxylic acids is 1. The molecular formula is C23H39NO2. The fourth-order valence-electron chi connectivity index (χ4n) is 3.49. The molecule has 3 heteroatoms. The van der Waals surface area contributed by atoms with Crippen molar-refractivity contribution in [2.75, 3.05) is 26.7 Å². The number of hydrogen-bond acceptors (Lipinski definition) is 3. The first-order valence-corrected chi connectivity index (χ1v) is 10.4. The normalized spacial score (nSPS) is 16.7. The van der Waals surface area contributed by atoms with Crippen LogP contribution in [-0.4, -0.2) is 37.6 Å². The van der Waals surface area contributed by atoms with Gasteiger partial charge in [0.1, 0.15) is 0 Å². The van der Waals surface area contributed by atoms with Gasteiger partial charge in [0, 0.05) is 0 Å². The second-order valence-corrected chi connectivity index (χ2v) is 7.53. The molecule has 0 aliphatic heterocycles. The Labute approximate surface area is 161 Å². The van der Waals surface area contributed by atoms with Crippen LogP contribution in [0.2, 0.25) is 0 Å². The predicted octanol–water partition coefficient (Wildman–Crippen LogP) is 5.44. The Hall–Kier alpha value is -1.35. The van der Waals surface area contributed by atoms with Crippen molar-refractivity contribution >= 4 is 5.97 Å². The van der Waals surface area contributed by atoms with E-state index < -0.39 is 5.41 Å². The molecule has 1 fully saturated rings. The number of nitrogens with zero attached hydrogens (tertiary/aromatic N) is 1. The number of carbonyl (C=O) groups is 1. The standard InChI is InChI=1S/C18H26O2.C5H13N/c1-3-4-14-20-17(19)18(2,16-12-8-9-13-16)15-10-6-5-7-11-15;1-4-6(3)5-2/h5-7,10-11,16H,3-4,8-9,12-14H2,1-2H3;4-5H2,1-3H3. The van der Waals surface area contributed by atoms with Crippen molar-refractivity contribution in [3.63, 3.8) is 0 Å². The van der Waals surface area contributed by atoms with Crippen molar-refractivity contribution in [3.05, 3.63) is 35.9 Å². The minimum absolute atomic E-state index is 0.0379. The van der Waals surface area contributed by atoms with E-state index in [4.69, 9.17) is 4.74 Å². The molecule has 3 nitrogen and oxygen atoms in total. The lowest BCUT2D eigenvalue weighted by atomic mass is 9.71. The lowest BCUT2D eigenvalue weighted by Gasteiger charge is -2.33. The van der Waals surface area contributed by atoms with E-state index in [0.717, 1.165) is 44.3 Å². The summed E-state index contributed by atoms with van der Waals surface area (Å²) in [6, 6.07) is 10.2. The van der Waals surface area contributed by atoms with Gasteiger partial charge in [-0.05, 0) is 57.8 Å². The molecule has 1 unspecified atom stereocenters. The van der Waals surface area contributed by atoms with Crippen LogP contribution in [0.5, 0.6) is 0 Å². The predicted molar refractivity (Wildman–Crippen MR) is 110 cm³/mol. The minimum atomic E-state index is -0.481. The Morgan fingerprint density at radius 3 is 2.15 bits per heavy atom. The molecule has 1 aliphatic carbocycles. The van der Waals surface area contributed by atoms with E-state index in [0.29, 0.717) is 12.5 Å².